The van der Waals surface area contributed by atoms with Crippen LogP contribution in [0.5, 0.6) is 5.75 Å². The summed E-state index contributed by atoms with van der Waals surface area (Å²) in [7, 11) is 1.68. The van der Waals surface area contributed by atoms with E-state index in [2.05, 4.69) is 28.1 Å². The first-order valence-electron chi connectivity index (χ1n) is 4.96. The van der Waals surface area contributed by atoms with E-state index >= 15 is 0 Å². The molecular formula is C12H18BrNO. The lowest BCUT2D eigenvalue weighted by Gasteiger charge is -2.20. The molecule has 1 rings (SSSR count). The van der Waals surface area contributed by atoms with E-state index in [4.69, 9.17) is 10.5 Å². The molecule has 0 saturated heterocycles. The Morgan fingerprint density at radius 3 is 2.47 bits per heavy atom. The van der Waals surface area contributed by atoms with Crippen molar-refractivity contribution in [2.45, 2.75) is 32.7 Å². The third-order valence-corrected chi connectivity index (χ3v) is 3.09. The second-order valence-corrected chi connectivity index (χ2v) is 5.35. The summed E-state index contributed by atoms with van der Waals surface area (Å²) in [5.74, 6) is 0.900. The van der Waals surface area contributed by atoms with E-state index in [9.17, 15) is 0 Å². The van der Waals surface area contributed by atoms with Crippen molar-refractivity contribution in [2.75, 3.05) is 7.11 Å². The Balaban J connectivity index is 3.11. The molecule has 84 valence electrons. The van der Waals surface area contributed by atoms with E-state index in [1.807, 2.05) is 20.8 Å². The van der Waals surface area contributed by atoms with E-state index < -0.39 is 0 Å². The van der Waals surface area contributed by atoms with E-state index in [1.165, 1.54) is 5.56 Å². The van der Waals surface area contributed by atoms with Crippen LogP contribution in [0.3, 0.4) is 0 Å². The molecule has 0 heterocycles. The summed E-state index contributed by atoms with van der Waals surface area (Å²) in [6.45, 7) is 6.07. The molecule has 0 fully saturated rings. The molecular weight excluding hydrogens is 254 g/mol. The molecule has 1 aromatic carbocycles. The highest BCUT2D eigenvalue weighted by atomic mass is 79.9. The summed E-state index contributed by atoms with van der Waals surface area (Å²) in [6.07, 6.45) is 0.824. The number of hydrogen-bond acceptors (Lipinski definition) is 2. The maximum Gasteiger partial charge on any atom is 0.136 e. The monoisotopic (exact) mass is 271 g/mol. The molecule has 2 N–H and O–H groups in total. The van der Waals surface area contributed by atoms with Crippen LogP contribution in [0, 0.1) is 6.92 Å². The number of aryl methyl sites for hydroxylation is 1. The van der Waals surface area contributed by atoms with Gasteiger partial charge in [-0.15, -0.1) is 0 Å². The van der Waals surface area contributed by atoms with Gasteiger partial charge in [0.2, 0.25) is 0 Å². The van der Waals surface area contributed by atoms with Gasteiger partial charge in [-0.3, -0.25) is 0 Å². The summed E-state index contributed by atoms with van der Waals surface area (Å²) in [6, 6.07) is 4.15. The van der Waals surface area contributed by atoms with Gasteiger partial charge >= 0.3 is 0 Å². The van der Waals surface area contributed by atoms with Crippen molar-refractivity contribution in [1.29, 1.82) is 0 Å². The Kier molecular flexibility index (Phi) is 3.79. The van der Waals surface area contributed by atoms with Gasteiger partial charge in [-0.1, -0.05) is 12.1 Å². The lowest BCUT2D eigenvalue weighted by atomic mass is 9.95. The van der Waals surface area contributed by atoms with Crippen molar-refractivity contribution in [2.24, 2.45) is 5.73 Å². The van der Waals surface area contributed by atoms with Gasteiger partial charge in [0.1, 0.15) is 5.75 Å². The molecule has 0 aliphatic carbocycles. The maximum atomic E-state index is 6.00. The van der Waals surface area contributed by atoms with Gasteiger partial charge < -0.3 is 10.5 Å². The summed E-state index contributed by atoms with van der Waals surface area (Å²) in [4.78, 5) is 0. The zero-order valence-electron chi connectivity index (χ0n) is 9.73. The first-order chi connectivity index (χ1) is 6.85. The normalized spacial score (nSPS) is 11.6. The molecule has 2 nitrogen and oxygen atoms in total. The van der Waals surface area contributed by atoms with Gasteiger partial charge in [0.05, 0.1) is 11.6 Å². The number of rotatable bonds is 3. The highest BCUT2D eigenvalue weighted by Gasteiger charge is 2.16. The van der Waals surface area contributed by atoms with Crippen molar-refractivity contribution in [3.63, 3.8) is 0 Å². The van der Waals surface area contributed by atoms with Gasteiger partial charge in [0, 0.05) is 5.54 Å². The lowest BCUT2D eigenvalue weighted by molar-refractivity contribution is 0.407. The molecule has 0 atom stereocenters. The van der Waals surface area contributed by atoms with Crippen molar-refractivity contribution in [3.8, 4) is 5.75 Å². The Bertz CT molecular complexity index is 355. The topological polar surface area (TPSA) is 35.2 Å². The SMILES string of the molecule is COc1c(C)ccc(CC(C)(C)N)c1Br. The van der Waals surface area contributed by atoms with Gasteiger partial charge in [0.15, 0.2) is 0 Å². The number of halogens is 1. The van der Waals surface area contributed by atoms with Crippen LogP contribution >= 0.6 is 15.9 Å². The Morgan fingerprint density at radius 2 is 2.00 bits per heavy atom. The van der Waals surface area contributed by atoms with Crippen LogP contribution in [0.1, 0.15) is 25.0 Å². The molecule has 1 aromatic rings. The predicted molar refractivity (Wildman–Crippen MR) is 67.4 cm³/mol. The maximum absolute atomic E-state index is 6.00. The van der Waals surface area contributed by atoms with Crippen LogP contribution in [0.15, 0.2) is 16.6 Å². The molecule has 0 aliphatic heterocycles. The van der Waals surface area contributed by atoms with Gasteiger partial charge in [0.25, 0.3) is 0 Å². The fraction of sp³-hybridized carbons (Fsp3) is 0.500. The second-order valence-electron chi connectivity index (χ2n) is 4.55. The summed E-state index contributed by atoms with van der Waals surface area (Å²) in [5, 5.41) is 0. The van der Waals surface area contributed by atoms with Gasteiger partial charge in [-0.25, -0.2) is 0 Å². The van der Waals surface area contributed by atoms with Crippen LogP contribution in [0.2, 0.25) is 0 Å². The van der Waals surface area contributed by atoms with E-state index in [0.29, 0.717) is 0 Å². The third-order valence-electron chi connectivity index (χ3n) is 2.22. The summed E-state index contributed by atoms with van der Waals surface area (Å²) < 4.78 is 6.36. The number of nitrogens with two attached hydrogens (primary N) is 1. The Labute approximate surface area is 99.9 Å². The minimum absolute atomic E-state index is 0.206. The second kappa shape index (κ2) is 4.54. The Morgan fingerprint density at radius 1 is 1.40 bits per heavy atom. The van der Waals surface area contributed by atoms with Crippen LogP contribution in [-0.4, -0.2) is 12.6 Å². The van der Waals surface area contributed by atoms with Crippen LogP contribution in [0.4, 0.5) is 0 Å². The average Bonchev–Trinajstić information content (AvgIpc) is 2.09. The number of hydrogen-bond donors (Lipinski definition) is 1. The largest absolute Gasteiger partial charge is 0.495 e. The van der Waals surface area contributed by atoms with E-state index in [0.717, 1.165) is 22.2 Å². The van der Waals surface area contributed by atoms with Crippen molar-refractivity contribution < 1.29 is 4.74 Å². The number of ether oxygens (including phenoxy) is 1. The lowest BCUT2D eigenvalue weighted by Crippen LogP contribution is -2.34. The molecule has 0 aromatic heterocycles. The summed E-state index contributed by atoms with van der Waals surface area (Å²) in [5.41, 5.74) is 8.11. The quantitative estimate of drug-likeness (QED) is 0.917. The standard InChI is InChI=1S/C12H18BrNO/c1-8-5-6-9(7-12(2,3)14)10(13)11(8)15-4/h5-6H,7,14H2,1-4H3. The van der Waals surface area contributed by atoms with Gasteiger partial charge in [-0.05, 0) is 54.2 Å². The molecule has 0 saturated carbocycles. The average molecular weight is 272 g/mol. The van der Waals surface area contributed by atoms with E-state index in [-0.39, 0.29) is 5.54 Å². The van der Waals surface area contributed by atoms with Gasteiger partial charge in [-0.2, -0.15) is 0 Å². The van der Waals surface area contributed by atoms with Crippen molar-refractivity contribution >= 4 is 15.9 Å². The third kappa shape index (κ3) is 3.21. The zero-order chi connectivity index (χ0) is 11.6. The van der Waals surface area contributed by atoms with Crippen LogP contribution in [-0.2, 0) is 6.42 Å². The zero-order valence-corrected chi connectivity index (χ0v) is 11.3. The molecule has 0 amide bonds. The van der Waals surface area contributed by atoms with Crippen molar-refractivity contribution in [3.05, 3.63) is 27.7 Å². The first-order valence-corrected chi connectivity index (χ1v) is 5.75. The minimum atomic E-state index is -0.206. The molecule has 15 heavy (non-hydrogen) atoms. The van der Waals surface area contributed by atoms with Crippen LogP contribution < -0.4 is 10.5 Å². The number of methoxy groups -OCH3 is 1. The molecule has 3 heteroatoms. The first kappa shape index (κ1) is 12.5. The fourth-order valence-electron chi connectivity index (χ4n) is 1.57. The molecule has 0 spiro atoms. The van der Waals surface area contributed by atoms with E-state index in [1.54, 1.807) is 7.11 Å². The predicted octanol–water partition coefficient (Wildman–Crippen LogP) is 3.05. The smallest absolute Gasteiger partial charge is 0.136 e. The highest BCUT2D eigenvalue weighted by Crippen LogP contribution is 2.33. The van der Waals surface area contributed by atoms with Crippen molar-refractivity contribution in [1.82, 2.24) is 0 Å². The molecule has 0 unspecified atom stereocenters. The number of benzene rings is 1. The molecule has 0 radical (unpaired) electrons. The molecule has 0 aliphatic rings. The fourth-order valence-corrected chi connectivity index (χ4v) is 2.32. The Hall–Kier alpha value is -0.540. The van der Waals surface area contributed by atoms with Crippen LogP contribution in [0.25, 0.3) is 0 Å². The minimum Gasteiger partial charge on any atom is -0.495 e. The highest BCUT2D eigenvalue weighted by molar-refractivity contribution is 9.10. The molecule has 0 bridgehead atoms. The summed E-state index contributed by atoms with van der Waals surface area (Å²) >= 11 is 3.56.